The summed E-state index contributed by atoms with van der Waals surface area (Å²) in [5.41, 5.74) is 3.18. The molecule has 0 unspecified atom stereocenters. The number of ether oxygens (including phenoxy) is 1. The topological polar surface area (TPSA) is 46.5 Å². The highest BCUT2D eigenvalue weighted by Crippen LogP contribution is 2.32. The smallest absolute Gasteiger partial charge is 0.338 e. The van der Waals surface area contributed by atoms with Gasteiger partial charge in [-0.05, 0) is 42.7 Å². The predicted octanol–water partition coefficient (Wildman–Crippen LogP) is 3.80. The van der Waals surface area contributed by atoms with Crippen LogP contribution in [0.3, 0.4) is 0 Å². The number of carbonyl (C=O) groups is 1. The van der Waals surface area contributed by atoms with Crippen molar-refractivity contribution >= 4 is 5.97 Å². The fourth-order valence-corrected chi connectivity index (χ4v) is 2.18. The monoisotopic (exact) mass is 270 g/mol. The Hall–Kier alpha value is -2.29. The maximum atomic E-state index is 11.8. The largest absolute Gasteiger partial charge is 0.507 e. The van der Waals surface area contributed by atoms with Gasteiger partial charge in [0.1, 0.15) is 5.75 Å². The lowest BCUT2D eigenvalue weighted by molar-refractivity contribution is 0.0526. The van der Waals surface area contributed by atoms with Gasteiger partial charge in [-0.2, -0.15) is 0 Å². The van der Waals surface area contributed by atoms with Crippen molar-refractivity contribution in [1.29, 1.82) is 0 Å². The van der Waals surface area contributed by atoms with Crippen molar-refractivity contribution in [1.82, 2.24) is 0 Å². The van der Waals surface area contributed by atoms with Crippen LogP contribution in [0.15, 0.2) is 42.5 Å². The van der Waals surface area contributed by atoms with E-state index in [1.165, 1.54) is 6.07 Å². The van der Waals surface area contributed by atoms with Gasteiger partial charge < -0.3 is 9.84 Å². The Morgan fingerprint density at radius 1 is 1.10 bits per heavy atom. The lowest BCUT2D eigenvalue weighted by atomic mass is 9.96. The zero-order valence-corrected chi connectivity index (χ0v) is 11.7. The normalized spacial score (nSPS) is 10.3. The number of rotatable bonds is 4. The molecule has 0 saturated carbocycles. The minimum absolute atomic E-state index is 0.166. The van der Waals surface area contributed by atoms with E-state index >= 15 is 0 Å². The Labute approximate surface area is 118 Å². The highest BCUT2D eigenvalue weighted by Gasteiger charge is 2.13. The fourth-order valence-electron chi connectivity index (χ4n) is 2.18. The second kappa shape index (κ2) is 6.24. The molecule has 1 N–H and O–H groups in total. The molecular weight excluding hydrogens is 252 g/mol. The number of phenolic OH excluding ortho intramolecular Hbond substituents is 1. The van der Waals surface area contributed by atoms with Crippen molar-refractivity contribution in [2.45, 2.75) is 20.3 Å². The Morgan fingerprint density at radius 3 is 2.55 bits per heavy atom. The summed E-state index contributed by atoms with van der Waals surface area (Å²) in [6.45, 7) is 4.16. The molecule has 2 rings (SSSR count). The molecule has 0 aliphatic heterocycles. The summed E-state index contributed by atoms with van der Waals surface area (Å²) in [4.78, 5) is 11.8. The molecule has 0 heterocycles. The van der Waals surface area contributed by atoms with Crippen molar-refractivity contribution in [2.75, 3.05) is 6.61 Å². The fraction of sp³-hybridized carbons (Fsp3) is 0.235. The van der Waals surface area contributed by atoms with Gasteiger partial charge in [0, 0.05) is 5.56 Å². The number of hydrogen-bond acceptors (Lipinski definition) is 3. The van der Waals surface area contributed by atoms with Gasteiger partial charge >= 0.3 is 5.97 Å². The number of hydrogen-bond donors (Lipinski definition) is 1. The molecule has 0 saturated heterocycles. The maximum Gasteiger partial charge on any atom is 0.338 e. The van der Waals surface area contributed by atoms with Crippen LogP contribution >= 0.6 is 0 Å². The molecule has 2 aromatic carbocycles. The van der Waals surface area contributed by atoms with Crippen LogP contribution in [0.5, 0.6) is 5.75 Å². The first-order chi connectivity index (χ1) is 9.67. The van der Waals surface area contributed by atoms with Gasteiger partial charge in [0.15, 0.2) is 0 Å². The number of carbonyl (C=O) groups excluding carboxylic acids is 1. The molecule has 2 aromatic rings. The zero-order chi connectivity index (χ0) is 14.5. The summed E-state index contributed by atoms with van der Waals surface area (Å²) < 4.78 is 4.99. The first-order valence-corrected chi connectivity index (χ1v) is 6.75. The number of esters is 1. The second-order valence-electron chi connectivity index (χ2n) is 4.46. The van der Waals surface area contributed by atoms with E-state index < -0.39 is 0 Å². The van der Waals surface area contributed by atoms with Crippen LogP contribution in [-0.4, -0.2) is 17.7 Å². The van der Waals surface area contributed by atoms with Crippen LogP contribution in [0.1, 0.15) is 29.8 Å². The molecule has 0 radical (unpaired) electrons. The summed E-state index contributed by atoms with van der Waals surface area (Å²) in [6.07, 6.45) is 0.860. The van der Waals surface area contributed by atoms with E-state index in [1.807, 2.05) is 24.3 Å². The summed E-state index contributed by atoms with van der Waals surface area (Å²) in [7, 11) is 0. The van der Waals surface area contributed by atoms with E-state index in [9.17, 15) is 9.90 Å². The Bertz CT molecular complexity index is 617. The van der Waals surface area contributed by atoms with Gasteiger partial charge in [-0.25, -0.2) is 4.79 Å². The van der Waals surface area contributed by atoms with E-state index in [4.69, 9.17) is 4.74 Å². The van der Waals surface area contributed by atoms with Crippen molar-refractivity contribution in [3.05, 3.63) is 53.6 Å². The summed E-state index contributed by atoms with van der Waals surface area (Å²) in [5.74, 6) is -0.207. The molecule has 3 heteroatoms. The number of aryl methyl sites for hydroxylation is 1. The van der Waals surface area contributed by atoms with Crippen LogP contribution in [-0.2, 0) is 11.2 Å². The van der Waals surface area contributed by atoms with Crippen molar-refractivity contribution < 1.29 is 14.6 Å². The minimum atomic E-state index is -0.372. The molecule has 0 amide bonds. The average molecular weight is 270 g/mol. The molecule has 0 bridgehead atoms. The highest BCUT2D eigenvalue weighted by atomic mass is 16.5. The predicted molar refractivity (Wildman–Crippen MR) is 78.9 cm³/mol. The molecule has 0 aliphatic rings. The molecule has 20 heavy (non-hydrogen) atoms. The summed E-state index contributed by atoms with van der Waals surface area (Å²) in [6, 6.07) is 12.6. The third-order valence-electron chi connectivity index (χ3n) is 3.20. The van der Waals surface area contributed by atoms with Crippen molar-refractivity contribution in [2.24, 2.45) is 0 Å². The standard InChI is InChI=1S/C17H18O3/c1-3-12-7-5-6-8-14(12)15-11-13(9-10-16(15)18)17(19)20-4-2/h5-11,18H,3-4H2,1-2H3. The third kappa shape index (κ3) is 2.82. The molecule has 0 atom stereocenters. The van der Waals surface area contributed by atoms with Crippen LogP contribution in [0.4, 0.5) is 0 Å². The molecular formula is C17H18O3. The van der Waals surface area contributed by atoms with Crippen LogP contribution < -0.4 is 0 Å². The van der Waals surface area contributed by atoms with Gasteiger partial charge in [-0.1, -0.05) is 31.2 Å². The van der Waals surface area contributed by atoms with Gasteiger partial charge in [-0.15, -0.1) is 0 Å². The average Bonchev–Trinajstić information content (AvgIpc) is 2.48. The Balaban J connectivity index is 2.50. The highest BCUT2D eigenvalue weighted by molar-refractivity contribution is 5.92. The first-order valence-electron chi connectivity index (χ1n) is 6.75. The molecule has 0 spiro atoms. The van der Waals surface area contributed by atoms with Crippen LogP contribution in [0.2, 0.25) is 0 Å². The van der Waals surface area contributed by atoms with Gasteiger partial charge in [-0.3, -0.25) is 0 Å². The SMILES string of the molecule is CCOC(=O)c1ccc(O)c(-c2ccccc2CC)c1. The number of aromatic hydroxyl groups is 1. The molecule has 3 nitrogen and oxygen atoms in total. The van der Waals surface area contributed by atoms with Crippen LogP contribution in [0, 0.1) is 0 Å². The van der Waals surface area contributed by atoms with Gasteiger partial charge in [0.2, 0.25) is 0 Å². The Kier molecular flexibility index (Phi) is 4.41. The minimum Gasteiger partial charge on any atom is -0.507 e. The third-order valence-corrected chi connectivity index (χ3v) is 3.20. The van der Waals surface area contributed by atoms with Crippen LogP contribution in [0.25, 0.3) is 11.1 Å². The van der Waals surface area contributed by atoms with E-state index in [0.29, 0.717) is 17.7 Å². The number of phenols is 1. The summed E-state index contributed by atoms with van der Waals surface area (Å²) >= 11 is 0. The van der Waals surface area contributed by atoms with E-state index in [2.05, 4.69) is 6.92 Å². The second-order valence-corrected chi connectivity index (χ2v) is 4.46. The quantitative estimate of drug-likeness (QED) is 0.860. The van der Waals surface area contributed by atoms with Gasteiger partial charge in [0.25, 0.3) is 0 Å². The molecule has 0 aliphatic carbocycles. The lowest BCUT2D eigenvalue weighted by Gasteiger charge is -2.11. The number of benzene rings is 2. The molecule has 0 aromatic heterocycles. The van der Waals surface area contributed by atoms with E-state index in [0.717, 1.165) is 17.5 Å². The molecule has 0 fully saturated rings. The van der Waals surface area contributed by atoms with Gasteiger partial charge in [0.05, 0.1) is 12.2 Å². The lowest BCUT2D eigenvalue weighted by Crippen LogP contribution is -2.04. The van der Waals surface area contributed by atoms with E-state index in [1.54, 1.807) is 19.1 Å². The van der Waals surface area contributed by atoms with Crippen molar-refractivity contribution in [3.63, 3.8) is 0 Å². The summed E-state index contributed by atoms with van der Waals surface area (Å²) in [5, 5.41) is 10.1. The Morgan fingerprint density at radius 2 is 1.85 bits per heavy atom. The molecule has 104 valence electrons. The van der Waals surface area contributed by atoms with E-state index in [-0.39, 0.29) is 11.7 Å². The van der Waals surface area contributed by atoms with Crippen molar-refractivity contribution in [3.8, 4) is 16.9 Å². The zero-order valence-electron chi connectivity index (χ0n) is 11.7. The maximum absolute atomic E-state index is 11.8. The first kappa shape index (κ1) is 14.1.